The third-order valence-electron chi connectivity index (χ3n) is 2.99. The van der Waals surface area contributed by atoms with Crippen LogP contribution in [-0.2, 0) is 17.1 Å². The first-order valence-electron chi connectivity index (χ1n) is 6.52. The fourth-order valence-corrected chi connectivity index (χ4v) is 1.96. The molecule has 0 spiro atoms. The van der Waals surface area contributed by atoms with Crippen molar-refractivity contribution in [1.29, 1.82) is 0 Å². The molecule has 1 unspecified atom stereocenters. The van der Waals surface area contributed by atoms with Crippen LogP contribution in [0.3, 0.4) is 0 Å². The van der Waals surface area contributed by atoms with Gasteiger partial charge in [-0.25, -0.2) is 0 Å². The van der Waals surface area contributed by atoms with Gasteiger partial charge in [-0.15, -0.1) is 0 Å². The average molecular weight is 322 g/mol. The second kappa shape index (κ2) is 10.3. The molecule has 3 heteroatoms. The predicted octanol–water partition coefficient (Wildman–Crippen LogP) is 3.15. The molecule has 2 aliphatic rings. The van der Waals surface area contributed by atoms with Crippen molar-refractivity contribution in [1.82, 2.24) is 0 Å². The topological polar surface area (TPSA) is 29.5 Å². The number of ether oxygens (including phenoxy) is 1. The van der Waals surface area contributed by atoms with Crippen molar-refractivity contribution < 1.29 is 26.9 Å². The number of methoxy groups -OCH3 is 1. The largest absolute Gasteiger partial charge is 2.00 e. The maximum atomic E-state index is 10.1. The van der Waals surface area contributed by atoms with Crippen molar-refractivity contribution in [2.75, 3.05) is 7.11 Å². The molecule has 1 N–H and O–H groups in total. The Kier molecular flexibility index (Phi) is 9.06. The van der Waals surface area contributed by atoms with Gasteiger partial charge in [0.05, 0.1) is 13.2 Å². The predicted molar refractivity (Wildman–Crippen MR) is 79.9 cm³/mol. The molecular weight excluding hydrogens is 304 g/mol. The third-order valence-corrected chi connectivity index (χ3v) is 2.99. The van der Waals surface area contributed by atoms with Gasteiger partial charge < -0.3 is 9.84 Å². The van der Waals surface area contributed by atoms with Crippen LogP contribution in [0.4, 0.5) is 0 Å². The standard InChI is InChI=1S/C13H13O2.C5H5.Fe/c1-15-12-9-5-4-8-11(12)13(14)10-6-2-3-7-10;1-2-4-5-3-1;/h2-9,13-14H,1H3;1-5H;/q;;+2. The smallest absolute Gasteiger partial charge is 0.496 e. The Morgan fingerprint density at radius 3 is 1.90 bits per heavy atom. The van der Waals surface area contributed by atoms with E-state index < -0.39 is 6.10 Å². The molecule has 0 aliphatic heterocycles. The number of rotatable bonds is 3. The van der Waals surface area contributed by atoms with Gasteiger partial charge in [-0.3, -0.25) is 0 Å². The fourth-order valence-electron chi connectivity index (χ4n) is 1.96. The molecule has 108 valence electrons. The number of aliphatic hydroxyl groups is 1. The third kappa shape index (κ3) is 5.65. The SMILES string of the molecule is COc1ccccc1C(O)[C]1[CH][CH][CH][CH]1.[CH]1[CH][CH][CH][CH]1.[Fe+2]. The minimum atomic E-state index is -0.615. The van der Waals surface area contributed by atoms with Crippen molar-refractivity contribution in [3.8, 4) is 5.75 Å². The Balaban J connectivity index is 0.000000313. The molecule has 10 radical (unpaired) electrons. The number of aliphatic hydroxyl groups excluding tert-OH is 1. The van der Waals surface area contributed by atoms with Crippen LogP contribution in [0.15, 0.2) is 24.3 Å². The van der Waals surface area contributed by atoms with E-state index in [1.807, 2.05) is 82.1 Å². The molecule has 1 atom stereocenters. The van der Waals surface area contributed by atoms with Crippen molar-refractivity contribution in [3.63, 3.8) is 0 Å². The zero-order chi connectivity index (χ0) is 14.2. The van der Waals surface area contributed by atoms with Crippen molar-refractivity contribution in [2.24, 2.45) is 0 Å². The average Bonchev–Trinajstić information content (AvgIpc) is 3.21. The molecule has 0 bridgehead atoms. The summed E-state index contributed by atoms with van der Waals surface area (Å²) in [6.45, 7) is 0. The number of benzene rings is 1. The van der Waals surface area contributed by atoms with E-state index in [4.69, 9.17) is 4.74 Å². The van der Waals surface area contributed by atoms with Crippen LogP contribution in [0.2, 0.25) is 0 Å². The molecule has 0 saturated heterocycles. The van der Waals surface area contributed by atoms with Crippen LogP contribution in [0, 0.1) is 63.7 Å². The monoisotopic (exact) mass is 322 g/mol. The summed E-state index contributed by atoms with van der Waals surface area (Å²) < 4.78 is 5.20. The van der Waals surface area contributed by atoms with Crippen LogP contribution >= 0.6 is 0 Å². The molecular formula is C18H18FeO2+2. The molecule has 2 fully saturated rings. The van der Waals surface area contributed by atoms with E-state index in [2.05, 4.69) is 0 Å². The van der Waals surface area contributed by atoms with Gasteiger partial charge in [-0.05, 0) is 63.9 Å². The summed E-state index contributed by atoms with van der Waals surface area (Å²) in [5, 5.41) is 10.1. The zero-order valence-electron chi connectivity index (χ0n) is 11.8. The van der Waals surface area contributed by atoms with Crippen LogP contribution in [-0.4, -0.2) is 12.2 Å². The second-order valence-electron chi connectivity index (χ2n) is 4.32. The van der Waals surface area contributed by atoms with Gasteiger partial charge in [-0.1, -0.05) is 18.2 Å². The molecule has 0 aromatic heterocycles. The second-order valence-corrected chi connectivity index (χ2v) is 4.32. The summed E-state index contributed by atoms with van der Waals surface area (Å²) in [5.41, 5.74) is 0.797. The summed E-state index contributed by atoms with van der Waals surface area (Å²) in [5.74, 6) is 1.60. The van der Waals surface area contributed by atoms with E-state index in [-0.39, 0.29) is 17.1 Å². The summed E-state index contributed by atoms with van der Waals surface area (Å²) in [7, 11) is 1.61. The fraction of sp³-hybridized carbons (Fsp3) is 0.111. The van der Waals surface area contributed by atoms with Crippen LogP contribution in [0.25, 0.3) is 0 Å². The first-order valence-corrected chi connectivity index (χ1v) is 6.52. The van der Waals surface area contributed by atoms with Crippen LogP contribution in [0.1, 0.15) is 11.7 Å². The van der Waals surface area contributed by atoms with E-state index in [0.29, 0.717) is 5.75 Å². The molecule has 1 aromatic carbocycles. The van der Waals surface area contributed by atoms with Gasteiger partial charge in [0.25, 0.3) is 0 Å². The first-order chi connectivity index (χ1) is 9.83. The molecule has 2 aliphatic carbocycles. The minimum Gasteiger partial charge on any atom is -0.496 e. The molecule has 0 amide bonds. The van der Waals surface area contributed by atoms with Gasteiger partial charge in [0.1, 0.15) is 5.75 Å². The summed E-state index contributed by atoms with van der Waals surface area (Å²) in [6, 6.07) is 7.50. The van der Waals surface area contributed by atoms with Gasteiger partial charge in [0.2, 0.25) is 0 Å². The maximum absolute atomic E-state index is 10.1. The van der Waals surface area contributed by atoms with Crippen LogP contribution < -0.4 is 4.74 Å². The quantitative estimate of drug-likeness (QED) is 0.867. The Labute approximate surface area is 139 Å². The Bertz CT molecular complexity index is 377. The molecule has 1 aromatic rings. The summed E-state index contributed by atoms with van der Waals surface area (Å²) >= 11 is 0. The molecule has 2 nitrogen and oxygen atoms in total. The van der Waals surface area contributed by atoms with E-state index in [0.717, 1.165) is 11.5 Å². The molecule has 3 rings (SSSR count). The molecule has 0 heterocycles. The molecule has 2 saturated carbocycles. The van der Waals surface area contributed by atoms with Gasteiger partial charge in [0, 0.05) is 11.5 Å². The van der Waals surface area contributed by atoms with Crippen molar-refractivity contribution in [3.05, 3.63) is 93.5 Å². The Morgan fingerprint density at radius 2 is 1.38 bits per heavy atom. The van der Waals surface area contributed by atoms with Crippen molar-refractivity contribution in [2.45, 2.75) is 6.10 Å². The number of hydrogen-bond donors (Lipinski definition) is 1. The van der Waals surface area contributed by atoms with E-state index in [9.17, 15) is 5.11 Å². The summed E-state index contributed by atoms with van der Waals surface area (Å²) in [4.78, 5) is 0. The Morgan fingerprint density at radius 1 is 0.857 bits per heavy atom. The maximum Gasteiger partial charge on any atom is 2.00 e. The van der Waals surface area contributed by atoms with Crippen molar-refractivity contribution >= 4 is 0 Å². The van der Waals surface area contributed by atoms with E-state index >= 15 is 0 Å². The molecule has 21 heavy (non-hydrogen) atoms. The normalized spacial score (nSPS) is 19.3. The first kappa shape index (κ1) is 18.5. The minimum absolute atomic E-state index is 0. The van der Waals surface area contributed by atoms with Gasteiger partial charge >= 0.3 is 17.1 Å². The Hall–Kier alpha value is -0.501. The van der Waals surface area contributed by atoms with Crippen LogP contribution in [0.5, 0.6) is 5.75 Å². The number of para-hydroxylation sites is 1. The van der Waals surface area contributed by atoms with Gasteiger partial charge in [0.15, 0.2) is 0 Å². The number of hydrogen-bond acceptors (Lipinski definition) is 2. The van der Waals surface area contributed by atoms with E-state index in [1.54, 1.807) is 7.11 Å². The van der Waals surface area contributed by atoms with E-state index in [1.165, 1.54) is 0 Å². The summed E-state index contributed by atoms with van der Waals surface area (Å²) in [6.07, 6.45) is 17.0. The van der Waals surface area contributed by atoms with Gasteiger partial charge in [-0.2, -0.15) is 0 Å². The zero-order valence-corrected chi connectivity index (χ0v) is 12.9.